The molecule has 0 radical (unpaired) electrons. The average molecular weight is 465 g/mol. The number of nitrogens with zero attached hydrogens (tertiary/aromatic N) is 4. The molecule has 1 amide bonds. The fourth-order valence-corrected chi connectivity index (χ4v) is 5.16. The van der Waals surface area contributed by atoms with Gasteiger partial charge >= 0.3 is 0 Å². The van der Waals surface area contributed by atoms with Crippen LogP contribution in [0.1, 0.15) is 34.2 Å². The van der Waals surface area contributed by atoms with Crippen LogP contribution < -0.4 is 10.5 Å². The summed E-state index contributed by atoms with van der Waals surface area (Å²) in [6.07, 6.45) is -0.334. The zero-order valence-electron chi connectivity index (χ0n) is 19.6. The minimum Gasteiger partial charge on any atom is -0.377 e. The Bertz CT molecular complexity index is 1570. The monoisotopic (exact) mass is 464 g/mol. The molecule has 0 spiro atoms. The molecule has 1 atom stereocenters. The van der Waals surface area contributed by atoms with Crippen LogP contribution in [0, 0.1) is 6.92 Å². The molecule has 0 aliphatic carbocycles. The number of amides is 1. The van der Waals surface area contributed by atoms with Crippen molar-refractivity contribution in [3.8, 4) is 0 Å². The standard InChI is InChI=1S/C28H24N4O3/c1-17-14-19-12-13-31-25(19)21(15-17)24(18-8-4-3-5-9-18)30-26(28(31)34)32-23(16-35-2)29-22-11-7-6-10-20(22)27(32)33/h3-11,14-15,26H,12-13,16H2,1-2H3. The van der Waals surface area contributed by atoms with E-state index in [9.17, 15) is 9.59 Å². The maximum absolute atomic E-state index is 14.1. The molecule has 35 heavy (non-hydrogen) atoms. The molecule has 0 bridgehead atoms. The summed E-state index contributed by atoms with van der Waals surface area (Å²) < 4.78 is 6.80. The quantitative estimate of drug-likeness (QED) is 0.461. The lowest BCUT2D eigenvalue weighted by atomic mass is 9.96. The molecular weight excluding hydrogens is 440 g/mol. The van der Waals surface area contributed by atoms with Gasteiger partial charge in [-0.2, -0.15) is 0 Å². The maximum Gasteiger partial charge on any atom is 0.272 e. The molecule has 0 fully saturated rings. The van der Waals surface area contributed by atoms with E-state index in [-0.39, 0.29) is 18.1 Å². The molecule has 1 aromatic heterocycles. The van der Waals surface area contributed by atoms with Crippen molar-refractivity contribution in [3.05, 3.63) is 105 Å². The van der Waals surface area contributed by atoms with Gasteiger partial charge in [-0.15, -0.1) is 0 Å². The molecule has 3 aromatic carbocycles. The van der Waals surface area contributed by atoms with Crippen molar-refractivity contribution in [2.45, 2.75) is 26.1 Å². The topological polar surface area (TPSA) is 76.8 Å². The zero-order valence-corrected chi connectivity index (χ0v) is 19.6. The number of carbonyl (C=O) groups is 1. The lowest BCUT2D eigenvalue weighted by molar-refractivity contribution is -0.121. The highest BCUT2D eigenvalue weighted by molar-refractivity contribution is 6.20. The molecule has 1 unspecified atom stereocenters. The van der Waals surface area contributed by atoms with Crippen LogP contribution in [0.2, 0.25) is 0 Å². The number of carbonyl (C=O) groups excluding carboxylic acids is 1. The predicted molar refractivity (Wildman–Crippen MR) is 135 cm³/mol. The van der Waals surface area contributed by atoms with Crippen LogP contribution in [0.25, 0.3) is 10.9 Å². The number of anilines is 1. The highest BCUT2D eigenvalue weighted by atomic mass is 16.5. The average Bonchev–Trinajstić information content (AvgIpc) is 3.25. The predicted octanol–water partition coefficient (Wildman–Crippen LogP) is 3.79. The van der Waals surface area contributed by atoms with Crippen LogP contribution in [-0.4, -0.2) is 34.8 Å². The molecule has 2 aliphatic rings. The minimum absolute atomic E-state index is 0.0807. The summed E-state index contributed by atoms with van der Waals surface area (Å²) in [6, 6.07) is 21.2. The van der Waals surface area contributed by atoms with Crippen LogP contribution in [0.3, 0.4) is 0 Å². The number of methoxy groups -OCH3 is 1. The number of aliphatic imine (C=N–C) groups is 1. The summed E-state index contributed by atoms with van der Waals surface area (Å²) in [4.78, 5) is 39.3. The van der Waals surface area contributed by atoms with Gasteiger partial charge in [0.2, 0.25) is 6.17 Å². The smallest absolute Gasteiger partial charge is 0.272 e. The van der Waals surface area contributed by atoms with Crippen molar-refractivity contribution in [2.24, 2.45) is 4.99 Å². The molecule has 0 saturated carbocycles. The Morgan fingerprint density at radius 3 is 2.60 bits per heavy atom. The third-order valence-electron chi connectivity index (χ3n) is 6.65. The summed E-state index contributed by atoms with van der Waals surface area (Å²) in [6.45, 7) is 2.69. The summed E-state index contributed by atoms with van der Waals surface area (Å²) in [5.41, 5.74) is 5.88. The molecule has 0 N–H and O–H groups in total. The van der Waals surface area contributed by atoms with Crippen molar-refractivity contribution in [1.29, 1.82) is 0 Å². The number of hydrogen-bond donors (Lipinski definition) is 0. The second-order valence-electron chi connectivity index (χ2n) is 8.93. The fraction of sp³-hybridized carbons (Fsp3) is 0.214. The number of aryl methyl sites for hydroxylation is 1. The number of hydrogen-bond acceptors (Lipinski definition) is 5. The zero-order chi connectivity index (χ0) is 24.1. The van der Waals surface area contributed by atoms with E-state index in [1.165, 1.54) is 4.57 Å². The van der Waals surface area contributed by atoms with E-state index >= 15 is 0 Å². The first-order valence-electron chi connectivity index (χ1n) is 11.6. The minimum atomic E-state index is -1.10. The summed E-state index contributed by atoms with van der Waals surface area (Å²) in [5, 5.41) is 0.441. The third-order valence-corrected chi connectivity index (χ3v) is 6.65. The van der Waals surface area contributed by atoms with E-state index in [1.54, 1.807) is 30.2 Å². The van der Waals surface area contributed by atoms with Gasteiger partial charge in [0.05, 0.1) is 22.3 Å². The largest absolute Gasteiger partial charge is 0.377 e. The van der Waals surface area contributed by atoms with Gasteiger partial charge in [0, 0.05) is 24.8 Å². The Kier molecular flexibility index (Phi) is 5.07. The molecule has 3 heterocycles. The van der Waals surface area contributed by atoms with Crippen LogP contribution in [0.4, 0.5) is 5.69 Å². The molecule has 4 aromatic rings. The lowest BCUT2D eigenvalue weighted by Gasteiger charge is -2.23. The number of rotatable bonds is 4. The second kappa shape index (κ2) is 8.29. The van der Waals surface area contributed by atoms with E-state index in [4.69, 9.17) is 9.73 Å². The van der Waals surface area contributed by atoms with Crippen molar-refractivity contribution < 1.29 is 9.53 Å². The van der Waals surface area contributed by atoms with Gasteiger partial charge in [0.1, 0.15) is 12.4 Å². The molecule has 2 aliphatic heterocycles. The molecule has 0 saturated heterocycles. The highest BCUT2D eigenvalue weighted by Gasteiger charge is 2.38. The number of aromatic nitrogens is 2. The normalized spacial score (nSPS) is 16.9. The van der Waals surface area contributed by atoms with Crippen molar-refractivity contribution in [1.82, 2.24) is 9.55 Å². The summed E-state index contributed by atoms with van der Waals surface area (Å²) in [7, 11) is 1.55. The fourth-order valence-electron chi connectivity index (χ4n) is 5.16. The Balaban J connectivity index is 1.67. The van der Waals surface area contributed by atoms with Gasteiger partial charge in [-0.25, -0.2) is 9.98 Å². The van der Waals surface area contributed by atoms with Gasteiger partial charge in [0.25, 0.3) is 11.5 Å². The molecular formula is C28H24N4O3. The van der Waals surface area contributed by atoms with Crippen LogP contribution in [0.15, 0.2) is 76.5 Å². The number of para-hydroxylation sites is 1. The Hall–Kier alpha value is -4.10. The van der Waals surface area contributed by atoms with Crippen molar-refractivity contribution >= 4 is 28.2 Å². The second-order valence-corrected chi connectivity index (χ2v) is 8.93. The molecule has 6 rings (SSSR count). The van der Waals surface area contributed by atoms with Crippen molar-refractivity contribution in [2.75, 3.05) is 18.6 Å². The van der Waals surface area contributed by atoms with Crippen LogP contribution in [-0.2, 0) is 22.6 Å². The maximum atomic E-state index is 14.1. The highest BCUT2D eigenvalue weighted by Crippen LogP contribution is 2.39. The molecule has 7 heteroatoms. The first kappa shape index (κ1) is 21.4. The van der Waals surface area contributed by atoms with E-state index in [1.807, 2.05) is 36.4 Å². The molecule has 174 valence electrons. The summed E-state index contributed by atoms with van der Waals surface area (Å²) >= 11 is 0. The van der Waals surface area contributed by atoms with E-state index in [0.717, 1.165) is 34.4 Å². The number of ether oxygens (including phenoxy) is 1. The van der Waals surface area contributed by atoms with Crippen LogP contribution >= 0.6 is 0 Å². The van der Waals surface area contributed by atoms with Gasteiger partial charge in [0.15, 0.2) is 0 Å². The van der Waals surface area contributed by atoms with Gasteiger partial charge in [-0.3, -0.25) is 14.2 Å². The lowest BCUT2D eigenvalue weighted by Crippen LogP contribution is -2.40. The Labute approximate surface area is 202 Å². The van der Waals surface area contributed by atoms with E-state index < -0.39 is 6.17 Å². The van der Waals surface area contributed by atoms with E-state index in [2.05, 4.69) is 24.0 Å². The SMILES string of the molecule is COCc1nc2ccccc2c(=O)n1C1N=C(c2ccccc2)c2cc(C)cc3c2N(CC3)C1=O. The Morgan fingerprint density at radius 2 is 1.80 bits per heavy atom. The van der Waals surface area contributed by atoms with Crippen LogP contribution in [0.5, 0.6) is 0 Å². The van der Waals surface area contributed by atoms with Crippen molar-refractivity contribution in [3.63, 3.8) is 0 Å². The third kappa shape index (κ3) is 3.39. The van der Waals surface area contributed by atoms with E-state index in [0.29, 0.717) is 29.0 Å². The Morgan fingerprint density at radius 1 is 1.03 bits per heavy atom. The molecule has 7 nitrogen and oxygen atoms in total. The number of benzene rings is 3. The van der Waals surface area contributed by atoms with Gasteiger partial charge in [-0.1, -0.05) is 54.1 Å². The summed E-state index contributed by atoms with van der Waals surface area (Å²) in [5.74, 6) is 0.128. The first-order valence-corrected chi connectivity index (χ1v) is 11.6. The van der Waals surface area contributed by atoms with Gasteiger partial charge < -0.3 is 9.64 Å². The van der Waals surface area contributed by atoms with Gasteiger partial charge in [-0.05, 0) is 37.1 Å². The first-order chi connectivity index (χ1) is 17.1. The number of fused-ring (bicyclic) bond motifs is 1.